The monoisotopic (exact) mass is 274 g/mol. The number of rotatable bonds is 4. The lowest BCUT2D eigenvalue weighted by atomic mass is 10.2. The Morgan fingerprint density at radius 1 is 1.20 bits per heavy atom. The highest BCUT2D eigenvalue weighted by atomic mass is 16.5. The second-order valence-corrected chi connectivity index (χ2v) is 3.97. The van der Waals surface area contributed by atoms with Crippen LogP contribution in [0.25, 0.3) is 0 Å². The summed E-state index contributed by atoms with van der Waals surface area (Å²) < 4.78 is 9.90. The van der Waals surface area contributed by atoms with Gasteiger partial charge in [0.1, 0.15) is 11.4 Å². The van der Waals surface area contributed by atoms with Crippen molar-refractivity contribution in [1.82, 2.24) is 4.98 Å². The van der Waals surface area contributed by atoms with Crippen LogP contribution >= 0.6 is 0 Å². The van der Waals surface area contributed by atoms with E-state index in [0.29, 0.717) is 11.4 Å². The lowest BCUT2D eigenvalue weighted by Crippen LogP contribution is -2.17. The van der Waals surface area contributed by atoms with Crippen LogP contribution in [0.15, 0.2) is 41.3 Å². The molecule has 20 heavy (non-hydrogen) atoms. The number of benzene rings is 1. The van der Waals surface area contributed by atoms with Crippen LogP contribution < -0.4 is 20.2 Å². The molecule has 0 spiro atoms. The van der Waals surface area contributed by atoms with Gasteiger partial charge < -0.3 is 19.8 Å². The first-order chi connectivity index (χ1) is 9.63. The molecule has 0 bridgehead atoms. The number of aromatic nitrogens is 1. The van der Waals surface area contributed by atoms with Crippen LogP contribution in [0.1, 0.15) is 10.5 Å². The Bertz CT molecular complexity index is 679. The van der Waals surface area contributed by atoms with Crippen molar-refractivity contribution in [2.75, 3.05) is 19.5 Å². The van der Waals surface area contributed by atoms with Crippen molar-refractivity contribution in [3.05, 3.63) is 52.4 Å². The number of ether oxygens (including phenoxy) is 2. The summed E-state index contributed by atoms with van der Waals surface area (Å²) in [6.45, 7) is 0. The van der Waals surface area contributed by atoms with Crippen LogP contribution in [0, 0.1) is 0 Å². The Morgan fingerprint density at radius 2 is 2.00 bits per heavy atom. The molecular weight excluding hydrogens is 260 g/mol. The number of anilines is 1. The minimum absolute atomic E-state index is 0.151. The van der Waals surface area contributed by atoms with E-state index in [1.807, 2.05) is 0 Å². The first-order valence-electron chi connectivity index (χ1n) is 5.86. The van der Waals surface area contributed by atoms with E-state index < -0.39 is 5.91 Å². The highest BCUT2D eigenvalue weighted by Gasteiger charge is 2.09. The van der Waals surface area contributed by atoms with E-state index in [1.54, 1.807) is 31.4 Å². The summed E-state index contributed by atoms with van der Waals surface area (Å²) in [6, 6.07) is 8.12. The average Bonchev–Trinajstić information content (AvgIpc) is 2.47. The topological polar surface area (TPSA) is 80.4 Å². The molecule has 2 aromatic rings. The second kappa shape index (κ2) is 5.92. The van der Waals surface area contributed by atoms with Crippen LogP contribution in [0.5, 0.6) is 11.5 Å². The van der Waals surface area contributed by atoms with Crippen molar-refractivity contribution in [3.63, 3.8) is 0 Å². The summed E-state index contributed by atoms with van der Waals surface area (Å²) in [7, 11) is 2.93. The zero-order valence-electron chi connectivity index (χ0n) is 11.1. The van der Waals surface area contributed by atoms with Gasteiger partial charge in [-0.15, -0.1) is 0 Å². The third-order valence-electron chi connectivity index (χ3n) is 2.67. The number of nitrogens with one attached hydrogen (secondary N) is 2. The van der Waals surface area contributed by atoms with Crippen molar-refractivity contribution < 1.29 is 14.3 Å². The van der Waals surface area contributed by atoms with Gasteiger partial charge in [0.25, 0.3) is 5.91 Å². The SMILES string of the molecule is COc1cccc(NC(=O)c2cc(=O)c(OC)c[nH]2)c1. The number of carbonyl (C=O) groups excluding carboxylic acids is 1. The molecule has 0 aliphatic heterocycles. The van der Waals surface area contributed by atoms with Crippen molar-refractivity contribution in [3.8, 4) is 11.5 Å². The van der Waals surface area contributed by atoms with Gasteiger partial charge in [-0.25, -0.2) is 0 Å². The number of aromatic amines is 1. The number of methoxy groups -OCH3 is 2. The zero-order valence-corrected chi connectivity index (χ0v) is 11.1. The van der Waals surface area contributed by atoms with Crippen molar-refractivity contribution >= 4 is 11.6 Å². The van der Waals surface area contributed by atoms with E-state index >= 15 is 0 Å². The molecule has 0 radical (unpaired) electrons. The van der Waals surface area contributed by atoms with Gasteiger partial charge in [-0.05, 0) is 12.1 Å². The minimum Gasteiger partial charge on any atom is -0.497 e. The first kappa shape index (κ1) is 13.7. The Balaban J connectivity index is 2.19. The van der Waals surface area contributed by atoms with E-state index in [0.717, 1.165) is 0 Å². The van der Waals surface area contributed by atoms with E-state index in [2.05, 4.69) is 10.3 Å². The molecule has 104 valence electrons. The summed E-state index contributed by atoms with van der Waals surface area (Å²) >= 11 is 0. The van der Waals surface area contributed by atoms with Gasteiger partial charge in [-0.2, -0.15) is 0 Å². The third-order valence-corrected chi connectivity index (χ3v) is 2.67. The smallest absolute Gasteiger partial charge is 0.272 e. The quantitative estimate of drug-likeness (QED) is 0.888. The highest BCUT2D eigenvalue weighted by molar-refractivity contribution is 6.02. The molecule has 1 heterocycles. The van der Waals surface area contributed by atoms with Gasteiger partial charge in [0.2, 0.25) is 5.43 Å². The molecule has 0 saturated heterocycles. The standard InChI is InChI=1S/C14H14N2O4/c1-19-10-5-3-4-9(6-10)16-14(18)11-7-12(17)13(20-2)8-15-11/h3-8H,1-2H3,(H,15,17)(H,16,18). The Kier molecular flexibility index (Phi) is 4.05. The molecule has 1 amide bonds. The number of pyridine rings is 1. The largest absolute Gasteiger partial charge is 0.497 e. The van der Waals surface area contributed by atoms with Gasteiger partial charge in [0.05, 0.1) is 14.2 Å². The zero-order chi connectivity index (χ0) is 14.5. The van der Waals surface area contributed by atoms with Gasteiger partial charge in [-0.3, -0.25) is 9.59 Å². The number of hydrogen-bond donors (Lipinski definition) is 2. The number of amides is 1. The maximum Gasteiger partial charge on any atom is 0.272 e. The van der Waals surface area contributed by atoms with Crippen LogP contribution in [-0.4, -0.2) is 25.1 Å². The average molecular weight is 274 g/mol. The van der Waals surface area contributed by atoms with Crippen LogP contribution in [0.2, 0.25) is 0 Å². The van der Waals surface area contributed by atoms with Crippen molar-refractivity contribution in [1.29, 1.82) is 0 Å². The molecule has 0 fully saturated rings. The molecule has 0 aliphatic carbocycles. The molecule has 6 nitrogen and oxygen atoms in total. The predicted molar refractivity (Wildman–Crippen MR) is 74.6 cm³/mol. The summed E-state index contributed by atoms with van der Waals surface area (Å²) in [5.74, 6) is 0.368. The normalized spacial score (nSPS) is 9.90. The third kappa shape index (κ3) is 2.97. The van der Waals surface area contributed by atoms with Gasteiger partial charge >= 0.3 is 0 Å². The number of H-pyrrole nitrogens is 1. The van der Waals surface area contributed by atoms with Crippen LogP contribution in [0.4, 0.5) is 5.69 Å². The molecule has 1 aromatic heterocycles. The Morgan fingerprint density at radius 3 is 2.65 bits per heavy atom. The fraction of sp³-hybridized carbons (Fsp3) is 0.143. The molecule has 2 N–H and O–H groups in total. The highest BCUT2D eigenvalue weighted by Crippen LogP contribution is 2.17. The summed E-state index contributed by atoms with van der Waals surface area (Å²) in [5.41, 5.74) is 0.367. The minimum atomic E-state index is -0.419. The summed E-state index contributed by atoms with van der Waals surface area (Å²) in [5, 5.41) is 2.67. The van der Waals surface area contributed by atoms with E-state index in [9.17, 15) is 9.59 Å². The first-order valence-corrected chi connectivity index (χ1v) is 5.86. The van der Waals surface area contributed by atoms with E-state index in [-0.39, 0.29) is 16.9 Å². The molecular formula is C14H14N2O4. The predicted octanol–water partition coefficient (Wildman–Crippen LogP) is 1.64. The summed E-state index contributed by atoms with van der Waals surface area (Å²) in [4.78, 5) is 26.3. The van der Waals surface area contributed by atoms with Gasteiger partial charge in [0.15, 0.2) is 5.75 Å². The van der Waals surface area contributed by atoms with E-state index in [4.69, 9.17) is 9.47 Å². The maximum absolute atomic E-state index is 12.0. The maximum atomic E-state index is 12.0. The fourth-order valence-electron chi connectivity index (χ4n) is 1.65. The molecule has 0 aliphatic rings. The van der Waals surface area contributed by atoms with Gasteiger partial charge in [-0.1, -0.05) is 6.07 Å². The number of carbonyl (C=O) groups is 1. The molecule has 0 saturated carbocycles. The number of hydrogen-bond acceptors (Lipinski definition) is 4. The molecule has 6 heteroatoms. The van der Waals surface area contributed by atoms with Gasteiger partial charge in [0, 0.05) is 24.0 Å². The van der Waals surface area contributed by atoms with Crippen LogP contribution in [0.3, 0.4) is 0 Å². The molecule has 1 aromatic carbocycles. The summed E-state index contributed by atoms with van der Waals surface area (Å²) in [6.07, 6.45) is 1.35. The van der Waals surface area contributed by atoms with Crippen molar-refractivity contribution in [2.45, 2.75) is 0 Å². The molecule has 0 atom stereocenters. The second-order valence-electron chi connectivity index (χ2n) is 3.97. The van der Waals surface area contributed by atoms with Crippen molar-refractivity contribution in [2.24, 2.45) is 0 Å². The lowest BCUT2D eigenvalue weighted by Gasteiger charge is -2.07. The molecule has 0 unspecified atom stereocenters. The molecule has 2 rings (SSSR count). The Labute approximate surface area is 115 Å². The van der Waals surface area contributed by atoms with E-state index in [1.165, 1.54) is 19.4 Å². The lowest BCUT2D eigenvalue weighted by molar-refractivity contribution is 0.102. The Hall–Kier alpha value is -2.76. The fourth-order valence-corrected chi connectivity index (χ4v) is 1.65. The van der Waals surface area contributed by atoms with Crippen LogP contribution in [-0.2, 0) is 0 Å².